The Balaban J connectivity index is 1.07. The maximum absolute atomic E-state index is 13.2. The molecule has 5 aromatic rings. The fraction of sp³-hybridized carbons (Fsp3) is 0.271. The van der Waals surface area contributed by atoms with Crippen LogP contribution in [0.15, 0.2) is 103 Å². The quantitative estimate of drug-likeness (QED) is 0.0446. The zero-order chi connectivity index (χ0) is 43.0. The summed E-state index contributed by atoms with van der Waals surface area (Å²) in [6.45, 7) is 9.99. The highest BCUT2D eigenvalue weighted by atomic mass is 16.6. The third-order valence-electron chi connectivity index (χ3n) is 8.74. The van der Waals surface area contributed by atoms with Gasteiger partial charge in [0.25, 0.3) is 0 Å². The monoisotopic (exact) mass is 816 g/mol. The van der Waals surface area contributed by atoms with Crippen molar-refractivity contribution in [2.75, 3.05) is 33.0 Å². The SMILES string of the molecule is CCCOC(=O)c1ccc(C(=O)OCCOC(=O)c2ccc(C(=O)OCCOC(=O)c3cc(OCc4cc(C)cc(C)c4)cc(OCc4cc(C)cc(C)c4)c3)cc2)cc1. The molecule has 12 heteroatoms. The highest BCUT2D eigenvalue weighted by molar-refractivity contribution is 5.94. The molecule has 5 aromatic carbocycles. The first-order valence-corrected chi connectivity index (χ1v) is 19.5. The summed E-state index contributed by atoms with van der Waals surface area (Å²) in [5.74, 6) is -2.31. The van der Waals surface area contributed by atoms with Crippen molar-refractivity contribution in [3.05, 3.63) is 164 Å². The molecule has 0 spiro atoms. The van der Waals surface area contributed by atoms with Crippen LogP contribution in [0.3, 0.4) is 0 Å². The molecule has 12 nitrogen and oxygen atoms in total. The standard InChI is InChI=1S/C48H48O12/c1-6-15-54-44(49)37-7-9-38(10-8-37)45(50)55-16-17-56-46(51)39-11-13-40(14-12-39)47(52)57-18-19-58-48(53)41-26-42(59-29-35-22-31(2)20-32(3)23-35)28-43(27-41)60-30-36-24-33(4)21-34(5)25-36/h7-14,20-28H,6,15-19,29-30H2,1-5H3. The van der Waals surface area contributed by atoms with Crippen molar-refractivity contribution in [2.45, 2.75) is 54.3 Å². The van der Waals surface area contributed by atoms with E-state index in [9.17, 15) is 24.0 Å². The van der Waals surface area contributed by atoms with Crippen LogP contribution < -0.4 is 9.47 Å². The predicted molar refractivity (Wildman–Crippen MR) is 222 cm³/mol. The zero-order valence-electron chi connectivity index (χ0n) is 34.4. The van der Waals surface area contributed by atoms with Gasteiger partial charge in [0.2, 0.25) is 0 Å². The fourth-order valence-electron chi connectivity index (χ4n) is 6.13. The third kappa shape index (κ3) is 13.6. The Hall–Kier alpha value is -6.95. The minimum atomic E-state index is -0.689. The molecule has 60 heavy (non-hydrogen) atoms. The molecule has 0 atom stereocenters. The molecule has 0 aliphatic carbocycles. The van der Waals surface area contributed by atoms with E-state index >= 15 is 0 Å². The normalized spacial score (nSPS) is 10.6. The van der Waals surface area contributed by atoms with Gasteiger partial charge in [0.1, 0.15) is 51.1 Å². The number of hydrogen-bond donors (Lipinski definition) is 0. The number of hydrogen-bond acceptors (Lipinski definition) is 12. The van der Waals surface area contributed by atoms with Gasteiger partial charge in [-0.15, -0.1) is 0 Å². The van der Waals surface area contributed by atoms with E-state index in [0.717, 1.165) is 33.4 Å². The first-order chi connectivity index (χ1) is 28.9. The Kier molecular flexibility index (Phi) is 16.0. The lowest BCUT2D eigenvalue weighted by Crippen LogP contribution is -2.15. The minimum Gasteiger partial charge on any atom is -0.489 e. The molecule has 0 radical (unpaired) electrons. The van der Waals surface area contributed by atoms with E-state index in [1.54, 1.807) is 18.2 Å². The van der Waals surface area contributed by atoms with Crippen LogP contribution in [-0.2, 0) is 36.9 Å². The minimum absolute atomic E-state index is 0.162. The second-order valence-electron chi connectivity index (χ2n) is 14.1. The van der Waals surface area contributed by atoms with E-state index in [-0.39, 0.29) is 61.9 Å². The summed E-state index contributed by atoms with van der Waals surface area (Å²) in [6.07, 6.45) is 0.696. The molecule has 0 saturated heterocycles. The second-order valence-corrected chi connectivity index (χ2v) is 14.1. The van der Waals surface area contributed by atoms with Gasteiger partial charge in [-0.1, -0.05) is 65.6 Å². The molecule has 0 aliphatic heterocycles. The van der Waals surface area contributed by atoms with Crippen molar-refractivity contribution < 1.29 is 57.1 Å². The van der Waals surface area contributed by atoms with Crippen LogP contribution in [0.2, 0.25) is 0 Å². The highest BCUT2D eigenvalue weighted by Crippen LogP contribution is 2.26. The third-order valence-corrected chi connectivity index (χ3v) is 8.74. The van der Waals surface area contributed by atoms with E-state index in [0.29, 0.717) is 30.1 Å². The van der Waals surface area contributed by atoms with Gasteiger partial charge in [0.15, 0.2) is 0 Å². The van der Waals surface area contributed by atoms with Crippen LogP contribution in [-0.4, -0.2) is 62.9 Å². The maximum atomic E-state index is 13.2. The van der Waals surface area contributed by atoms with Gasteiger partial charge in [0.05, 0.1) is 34.4 Å². The molecule has 5 rings (SSSR count). The predicted octanol–water partition coefficient (Wildman–Crippen LogP) is 8.67. The molecule has 312 valence electrons. The highest BCUT2D eigenvalue weighted by Gasteiger charge is 2.16. The van der Waals surface area contributed by atoms with Gasteiger partial charge in [-0.25, -0.2) is 24.0 Å². The van der Waals surface area contributed by atoms with Crippen LogP contribution in [0.4, 0.5) is 0 Å². The van der Waals surface area contributed by atoms with E-state index in [2.05, 4.69) is 12.1 Å². The van der Waals surface area contributed by atoms with Gasteiger partial charge < -0.3 is 33.2 Å². The summed E-state index contributed by atoms with van der Waals surface area (Å²) in [5.41, 5.74) is 7.49. The Morgan fingerprint density at radius 2 is 0.650 bits per heavy atom. The molecule has 0 amide bonds. The number of benzene rings is 5. The molecular formula is C48H48O12. The van der Waals surface area contributed by atoms with Crippen LogP contribution in [0.1, 0.15) is 98.5 Å². The number of ether oxygens (including phenoxy) is 7. The maximum Gasteiger partial charge on any atom is 0.338 e. The Labute approximate surface area is 349 Å². The lowest BCUT2D eigenvalue weighted by atomic mass is 10.1. The molecular weight excluding hydrogens is 769 g/mol. The molecule has 0 bridgehead atoms. The average Bonchev–Trinajstić information content (AvgIpc) is 3.23. The number of aryl methyl sites for hydroxylation is 4. The van der Waals surface area contributed by atoms with E-state index in [1.807, 2.05) is 58.9 Å². The van der Waals surface area contributed by atoms with Crippen molar-refractivity contribution in [3.63, 3.8) is 0 Å². The van der Waals surface area contributed by atoms with E-state index in [4.69, 9.17) is 33.2 Å². The van der Waals surface area contributed by atoms with Gasteiger partial charge in [-0.3, -0.25) is 0 Å². The van der Waals surface area contributed by atoms with E-state index < -0.39 is 29.8 Å². The molecule has 0 unspecified atom stereocenters. The van der Waals surface area contributed by atoms with Crippen molar-refractivity contribution in [3.8, 4) is 11.5 Å². The van der Waals surface area contributed by atoms with Crippen LogP contribution in [0.25, 0.3) is 0 Å². The molecule has 0 fully saturated rings. The Morgan fingerprint density at radius 3 is 0.950 bits per heavy atom. The van der Waals surface area contributed by atoms with Crippen LogP contribution >= 0.6 is 0 Å². The van der Waals surface area contributed by atoms with Gasteiger partial charge in [0, 0.05) is 6.07 Å². The fourth-order valence-corrected chi connectivity index (χ4v) is 6.13. The van der Waals surface area contributed by atoms with Crippen molar-refractivity contribution in [1.29, 1.82) is 0 Å². The molecule has 0 N–H and O–H groups in total. The van der Waals surface area contributed by atoms with Crippen LogP contribution in [0.5, 0.6) is 11.5 Å². The van der Waals surface area contributed by atoms with Crippen LogP contribution in [0, 0.1) is 27.7 Å². The first-order valence-electron chi connectivity index (χ1n) is 19.5. The molecule has 0 aliphatic rings. The summed E-state index contributed by atoms with van der Waals surface area (Å²) in [7, 11) is 0. The Bertz CT molecular complexity index is 2180. The number of carbonyl (C=O) groups excluding carboxylic acids is 5. The summed E-state index contributed by atoms with van der Waals surface area (Å²) in [6, 6.07) is 28.6. The number of esters is 5. The topological polar surface area (TPSA) is 150 Å². The van der Waals surface area contributed by atoms with Crippen molar-refractivity contribution in [2.24, 2.45) is 0 Å². The van der Waals surface area contributed by atoms with Crippen molar-refractivity contribution >= 4 is 29.8 Å². The molecule has 0 heterocycles. The van der Waals surface area contributed by atoms with Gasteiger partial charge in [-0.05, 0) is 106 Å². The van der Waals surface area contributed by atoms with Gasteiger partial charge in [-0.2, -0.15) is 0 Å². The summed E-state index contributed by atoms with van der Waals surface area (Å²) < 4.78 is 38.3. The lowest BCUT2D eigenvalue weighted by molar-refractivity contribution is 0.0262. The number of carbonyl (C=O) groups is 5. The smallest absolute Gasteiger partial charge is 0.338 e. The Morgan fingerprint density at radius 1 is 0.367 bits per heavy atom. The summed E-state index contributed by atoms with van der Waals surface area (Å²) in [5, 5.41) is 0. The average molecular weight is 817 g/mol. The summed E-state index contributed by atoms with van der Waals surface area (Å²) in [4.78, 5) is 62.7. The second kappa shape index (κ2) is 21.7. The van der Waals surface area contributed by atoms with Crippen molar-refractivity contribution in [1.82, 2.24) is 0 Å². The lowest BCUT2D eigenvalue weighted by Gasteiger charge is -2.14. The number of rotatable bonds is 19. The van der Waals surface area contributed by atoms with E-state index in [1.165, 1.54) is 48.5 Å². The molecule has 0 aromatic heterocycles. The zero-order valence-corrected chi connectivity index (χ0v) is 34.4. The van der Waals surface area contributed by atoms with Gasteiger partial charge >= 0.3 is 29.8 Å². The molecule has 0 saturated carbocycles. The largest absolute Gasteiger partial charge is 0.489 e. The first kappa shape index (κ1) is 44.2. The summed E-state index contributed by atoms with van der Waals surface area (Å²) >= 11 is 0.